The summed E-state index contributed by atoms with van der Waals surface area (Å²) in [5.41, 5.74) is 0. The molecule has 5 nitrogen and oxygen atoms in total. The van der Waals surface area contributed by atoms with Crippen molar-refractivity contribution < 1.29 is 53.8 Å². The van der Waals surface area contributed by atoms with E-state index in [0.29, 0.717) is 26.1 Å². The largest absolute Gasteiger partial charge is 1.00 e. The maximum Gasteiger partial charge on any atom is 1.00 e. The molecule has 0 aliphatic carbocycles. The van der Waals surface area contributed by atoms with Crippen LogP contribution in [0.25, 0.3) is 0 Å². The number of ether oxygens (including phenoxy) is 1. The number of aliphatic hydroxyl groups is 1. The molecule has 0 saturated carbocycles. The fraction of sp³-hybridized carbons (Fsp3) is 1.00. The molecule has 0 amide bonds. The molecule has 0 aliphatic rings. The molecule has 0 aromatic carbocycles. The summed E-state index contributed by atoms with van der Waals surface area (Å²) in [5, 5.41) is 8.58. The normalized spacial score (nSPS) is 13.3. The van der Waals surface area contributed by atoms with Crippen LogP contribution in [0.5, 0.6) is 0 Å². The average molecular weight is 250 g/mol. The van der Waals surface area contributed by atoms with Crippen LogP contribution in [0.1, 0.15) is 21.2 Å². The molecule has 0 saturated heterocycles. The third-order valence-corrected chi connectivity index (χ3v) is 2.52. The van der Waals surface area contributed by atoms with Crippen LogP contribution in [0.4, 0.5) is 0 Å². The van der Waals surface area contributed by atoms with Gasteiger partial charge in [0.25, 0.3) is 10.1 Å². The van der Waals surface area contributed by atoms with E-state index in [4.69, 9.17) is 14.4 Å². The van der Waals surface area contributed by atoms with E-state index in [0.717, 1.165) is 0 Å². The first-order chi connectivity index (χ1) is 6.45. The van der Waals surface area contributed by atoms with Gasteiger partial charge < -0.3 is 11.3 Å². The van der Waals surface area contributed by atoms with Crippen molar-refractivity contribution in [3.8, 4) is 0 Å². The zero-order valence-corrected chi connectivity index (χ0v) is 12.2. The molecule has 0 aliphatic heterocycles. The number of hydrogen-bond donors (Lipinski definition) is 2. The van der Waals surface area contributed by atoms with E-state index in [-0.39, 0.29) is 49.3 Å². The summed E-state index contributed by atoms with van der Waals surface area (Å²) in [6.07, 6.45) is 0.975. The van der Waals surface area contributed by atoms with Crippen molar-refractivity contribution in [1.29, 1.82) is 0 Å². The summed E-state index contributed by atoms with van der Waals surface area (Å²) in [7, 11) is -3.86. The summed E-state index contributed by atoms with van der Waals surface area (Å²) in [6.45, 7) is 2.90. The number of aliphatic hydroxyl groups excluding tert-OH is 1. The molecule has 0 spiro atoms. The molecule has 7 heteroatoms. The fourth-order valence-electron chi connectivity index (χ4n) is 0.932. The van der Waals surface area contributed by atoms with E-state index >= 15 is 0 Å². The monoisotopic (exact) mass is 250 g/mol. The molecule has 88 valence electrons. The Bertz CT molecular complexity index is 235. The van der Waals surface area contributed by atoms with Gasteiger partial charge in [-0.3, -0.25) is 4.55 Å². The average Bonchev–Trinajstić information content (AvgIpc) is 2.02. The van der Waals surface area contributed by atoms with Gasteiger partial charge in [-0.15, -0.1) is 0 Å². The Hall–Kier alpha value is 0.830. The molecular weight excluding hydrogens is 231 g/mol. The van der Waals surface area contributed by atoms with E-state index in [2.05, 4.69) is 0 Å². The Kier molecular flexibility index (Phi) is 12.2. The number of hydrogen-bond acceptors (Lipinski definition) is 4. The summed E-state index contributed by atoms with van der Waals surface area (Å²) >= 11 is 0. The second-order valence-electron chi connectivity index (χ2n) is 3.33. The maximum absolute atomic E-state index is 10.3. The van der Waals surface area contributed by atoms with Crippen molar-refractivity contribution in [2.75, 3.05) is 25.6 Å². The molecule has 1 unspecified atom stereocenters. The summed E-state index contributed by atoms with van der Waals surface area (Å²) in [5.74, 6) is 0.00668. The van der Waals surface area contributed by atoms with Crippen LogP contribution in [-0.2, 0) is 14.9 Å². The minimum atomic E-state index is -3.86. The SMILES string of the molecule is CC(CCO)COCCCS(=O)(=O)O.[H-].[Na+]. The Morgan fingerprint density at radius 3 is 2.53 bits per heavy atom. The third-order valence-electron chi connectivity index (χ3n) is 1.72. The molecule has 0 rings (SSSR count). The summed E-state index contributed by atoms with van der Waals surface area (Å²) in [4.78, 5) is 0. The molecule has 0 fully saturated rings. The van der Waals surface area contributed by atoms with Gasteiger partial charge in [-0.2, -0.15) is 8.42 Å². The molecule has 0 bridgehead atoms. The predicted molar refractivity (Wildman–Crippen MR) is 53.8 cm³/mol. The van der Waals surface area contributed by atoms with E-state index < -0.39 is 10.1 Å². The predicted octanol–water partition coefficient (Wildman–Crippen LogP) is -2.58. The van der Waals surface area contributed by atoms with Crippen molar-refractivity contribution in [3.63, 3.8) is 0 Å². The molecule has 15 heavy (non-hydrogen) atoms. The maximum atomic E-state index is 10.3. The van der Waals surface area contributed by atoms with E-state index in [9.17, 15) is 8.42 Å². The van der Waals surface area contributed by atoms with Gasteiger partial charge in [-0.25, -0.2) is 0 Å². The first-order valence-corrected chi connectivity index (χ1v) is 6.20. The molecular formula is C8H19NaO5S. The zero-order chi connectivity index (χ0) is 11.0. The second-order valence-corrected chi connectivity index (χ2v) is 4.90. The minimum Gasteiger partial charge on any atom is -1.00 e. The topological polar surface area (TPSA) is 83.8 Å². The Labute approximate surface area is 115 Å². The summed E-state index contributed by atoms with van der Waals surface area (Å²) < 4.78 is 34.1. The van der Waals surface area contributed by atoms with E-state index in [1.54, 1.807) is 0 Å². The van der Waals surface area contributed by atoms with Crippen LogP contribution < -0.4 is 29.6 Å². The van der Waals surface area contributed by atoms with Crippen LogP contribution in [0.15, 0.2) is 0 Å². The van der Waals surface area contributed by atoms with Gasteiger partial charge in [0, 0.05) is 19.8 Å². The Balaban J connectivity index is -0.000000845. The Morgan fingerprint density at radius 2 is 2.07 bits per heavy atom. The van der Waals surface area contributed by atoms with Gasteiger partial charge in [0.2, 0.25) is 0 Å². The van der Waals surface area contributed by atoms with Crippen molar-refractivity contribution >= 4 is 10.1 Å². The van der Waals surface area contributed by atoms with E-state index in [1.807, 2.05) is 6.92 Å². The van der Waals surface area contributed by atoms with Crippen LogP contribution in [-0.4, -0.2) is 43.7 Å². The fourth-order valence-corrected chi connectivity index (χ4v) is 1.41. The summed E-state index contributed by atoms with van der Waals surface area (Å²) in [6, 6.07) is 0. The van der Waals surface area contributed by atoms with Crippen LogP contribution >= 0.6 is 0 Å². The van der Waals surface area contributed by atoms with Crippen LogP contribution in [0, 0.1) is 5.92 Å². The molecule has 1 atom stereocenters. The van der Waals surface area contributed by atoms with Crippen LogP contribution in [0.3, 0.4) is 0 Å². The second kappa shape index (κ2) is 10.0. The van der Waals surface area contributed by atoms with Crippen LogP contribution in [0.2, 0.25) is 0 Å². The first-order valence-electron chi connectivity index (χ1n) is 4.59. The molecule has 2 N–H and O–H groups in total. The van der Waals surface area contributed by atoms with Gasteiger partial charge in [0.1, 0.15) is 0 Å². The van der Waals surface area contributed by atoms with Gasteiger partial charge in [0.05, 0.1) is 5.75 Å². The van der Waals surface area contributed by atoms with Gasteiger partial charge in [-0.05, 0) is 18.8 Å². The van der Waals surface area contributed by atoms with Gasteiger partial charge in [-0.1, -0.05) is 6.92 Å². The molecule has 0 aromatic heterocycles. The molecule has 0 radical (unpaired) electrons. The quantitative estimate of drug-likeness (QED) is 0.281. The molecule has 0 heterocycles. The minimum absolute atomic E-state index is 0. The van der Waals surface area contributed by atoms with E-state index in [1.165, 1.54) is 0 Å². The van der Waals surface area contributed by atoms with Gasteiger partial charge >= 0.3 is 29.6 Å². The van der Waals surface area contributed by atoms with Crippen molar-refractivity contribution in [1.82, 2.24) is 0 Å². The van der Waals surface area contributed by atoms with Crippen molar-refractivity contribution in [3.05, 3.63) is 0 Å². The van der Waals surface area contributed by atoms with Gasteiger partial charge in [0.15, 0.2) is 0 Å². The van der Waals surface area contributed by atoms with Crippen molar-refractivity contribution in [2.24, 2.45) is 5.92 Å². The molecule has 0 aromatic rings. The van der Waals surface area contributed by atoms with Crippen molar-refractivity contribution in [2.45, 2.75) is 19.8 Å². The number of rotatable bonds is 8. The smallest absolute Gasteiger partial charge is 1.00 e. The standard InChI is InChI=1S/C8H18O5S.Na.H/c1-8(3-4-9)7-13-5-2-6-14(10,11)12;;/h8-9H,2-7H2,1H3,(H,10,11,12);;/q;+1;-1. The first kappa shape index (κ1) is 18.2. The third kappa shape index (κ3) is 14.8. The Morgan fingerprint density at radius 1 is 1.47 bits per heavy atom. The zero-order valence-electron chi connectivity index (χ0n) is 10.3.